The highest BCUT2D eigenvalue weighted by atomic mass is 16.5. The summed E-state index contributed by atoms with van der Waals surface area (Å²) in [6.07, 6.45) is 5.21. The van der Waals surface area contributed by atoms with Gasteiger partial charge in [-0.3, -0.25) is 4.98 Å². The molecule has 0 radical (unpaired) electrons. The van der Waals surface area contributed by atoms with Gasteiger partial charge in [-0.2, -0.15) is 0 Å². The summed E-state index contributed by atoms with van der Waals surface area (Å²) in [7, 11) is 0. The van der Waals surface area contributed by atoms with Gasteiger partial charge in [0.25, 0.3) is 0 Å². The Kier molecular flexibility index (Phi) is 6.79. The molecule has 1 unspecified atom stereocenters. The van der Waals surface area contributed by atoms with Crippen LogP contribution in [0.4, 0.5) is 4.79 Å². The highest BCUT2D eigenvalue weighted by molar-refractivity contribution is 5.73. The number of rotatable bonds is 7. The SMILES string of the molecule is CC(NC1(CNC(=O)NCc2cccnc2)CCOCC1)c1ccccc1. The highest BCUT2D eigenvalue weighted by Crippen LogP contribution is 2.25. The monoisotopic (exact) mass is 368 g/mol. The molecule has 0 bridgehead atoms. The second kappa shape index (κ2) is 9.48. The van der Waals surface area contributed by atoms with E-state index in [0.717, 1.165) is 18.4 Å². The molecule has 1 saturated heterocycles. The first-order valence-corrected chi connectivity index (χ1v) is 9.48. The molecule has 1 fully saturated rings. The van der Waals surface area contributed by atoms with Crippen molar-refractivity contribution in [3.63, 3.8) is 0 Å². The number of nitrogens with one attached hydrogen (secondary N) is 3. The molecule has 0 saturated carbocycles. The summed E-state index contributed by atoms with van der Waals surface area (Å²) < 4.78 is 5.55. The van der Waals surface area contributed by atoms with Crippen molar-refractivity contribution in [3.8, 4) is 0 Å². The van der Waals surface area contributed by atoms with Crippen LogP contribution < -0.4 is 16.0 Å². The van der Waals surface area contributed by atoms with Crippen molar-refractivity contribution in [1.82, 2.24) is 20.9 Å². The van der Waals surface area contributed by atoms with Crippen molar-refractivity contribution in [3.05, 3.63) is 66.0 Å². The Bertz CT molecular complexity index is 703. The topological polar surface area (TPSA) is 75.3 Å². The zero-order valence-electron chi connectivity index (χ0n) is 15.8. The Balaban J connectivity index is 1.55. The molecule has 27 heavy (non-hydrogen) atoms. The molecular formula is C21H28N4O2. The average molecular weight is 368 g/mol. The number of benzene rings is 1. The van der Waals surface area contributed by atoms with Gasteiger partial charge in [0.05, 0.1) is 0 Å². The van der Waals surface area contributed by atoms with Crippen LogP contribution in [0, 0.1) is 0 Å². The van der Waals surface area contributed by atoms with Crippen molar-refractivity contribution in [2.45, 2.75) is 37.9 Å². The van der Waals surface area contributed by atoms with Gasteiger partial charge in [0, 0.05) is 50.3 Å². The van der Waals surface area contributed by atoms with Crippen LogP contribution in [0.2, 0.25) is 0 Å². The Morgan fingerprint density at radius 3 is 2.63 bits per heavy atom. The van der Waals surface area contributed by atoms with Crippen molar-refractivity contribution >= 4 is 6.03 Å². The van der Waals surface area contributed by atoms with Crippen LogP contribution in [-0.2, 0) is 11.3 Å². The molecule has 1 aromatic carbocycles. The summed E-state index contributed by atoms with van der Waals surface area (Å²) in [5, 5.41) is 9.67. The molecule has 1 atom stereocenters. The summed E-state index contributed by atoms with van der Waals surface area (Å²) in [6, 6.07) is 14.2. The number of hydrogen-bond donors (Lipinski definition) is 3. The molecule has 6 heteroatoms. The first-order valence-electron chi connectivity index (χ1n) is 9.48. The largest absolute Gasteiger partial charge is 0.381 e. The lowest BCUT2D eigenvalue weighted by atomic mass is 9.88. The summed E-state index contributed by atoms with van der Waals surface area (Å²) in [4.78, 5) is 16.3. The lowest BCUT2D eigenvalue weighted by Gasteiger charge is -2.40. The average Bonchev–Trinajstić information content (AvgIpc) is 2.73. The number of pyridine rings is 1. The van der Waals surface area contributed by atoms with E-state index in [0.29, 0.717) is 26.3 Å². The van der Waals surface area contributed by atoms with E-state index in [1.165, 1.54) is 5.56 Å². The molecule has 1 aliphatic rings. The number of nitrogens with zero attached hydrogens (tertiary/aromatic N) is 1. The van der Waals surface area contributed by atoms with Gasteiger partial charge in [-0.05, 0) is 37.0 Å². The van der Waals surface area contributed by atoms with E-state index in [1.807, 2.05) is 30.3 Å². The first kappa shape index (κ1) is 19.3. The quantitative estimate of drug-likeness (QED) is 0.702. The van der Waals surface area contributed by atoms with Crippen LogP contribution in [0.25, 0.3) is 0 Å². The molecule has 2 heterocycles. The van der Waals surface area contributed by atoms with Crippen LogP contribution in [0.3, 0.4) is 0 Å². The van der Waals surface area contributed by atoms with Crippen LogP contribution >= 0.6 is 0 Å². The van der Waals surface area contributed by atoms with Crippen molar-refractivity contribution in [2.75, 3.05) is 19.8 Å². The minimum Gasteiger partial charge on any atom is -0.381 e. The number of carbonyl (C=O) groups is 1. The van der Waals surface area contributed by atoms with E-state index in [2.05, 4.69) is 40.0 Å². The highest BCUT2D eigenvalue weighted by Gasteiger charge is 2.34. The van der Waals surface area contributed by atoms with Crippen LogP contribution in [0.15, 0.2) is 54.9 Å². The molecule has 3 rings (SSSR count). The maximum Gasteiger partial charge on any atom is 0.315 e. The minimum absolute atomic E-state index is 0.168. The lowest BCUT2D eigenvalue weighted by molar-refractivity contribution is 0.0347. The number of ether oxygens (including phenoxy) is 1. The summed E-state index contributed by atoms with van der Waals surface area (Å²) in [5.41, 5.74) is 2.05. The predicted molar refractivity (Wildman–Crippen MR) is 105 cm³/mol. The van der Waals surface area contributed by atoms with Gasteiger partial charge in [0.15, 0.2) is 0 Å². The van der Waals surface area contributed by atoms with Gasteiger partial charge in [0.1, 0.15) is 0 Å². The van der Waals surface area contributed by atoms with Gasteiger partial charge >= 0.3 is 6.03 Å². The summed E-state index contributed by atoms with van der Waals surface area (Å²) >= 11 is 0. The number of hydrogen-bond acceptors (Lipinski definition) is 4. The molecule has 144 valence electrons. The fraction of sp³-hybridized carbons (Fsp3) is 0.429. The van der Waals surface area contributed by atoms with E-state index in [9.17, 15) is 4.79 Å². The number of carbonyl (C=O) groups excluding carboxylic acids is 1. The molecule has 1 aliphatic heterocycles. The van der Waals surface area contributed by atoms with E-state index in [-0.39, 0.29) is 17.6 Å². The zero-order valence-corrected chi connectivity index (χ0v) is 15.8. The maximum absolute atomic E-state index is 12.3. The molecule has 2 amide bonds. The predicted octanol–water partition coefficient (Wildman–Crippen LogP) is 2.78. The molecule has 3 N–H and O–H groups in total. The van der Waals surface area contributed by atoms with Gasteiger partial charge in [0.2, 0.25) is 0 Å². The number of aromatic nitrogens is 1. The molecule has 6 nitrogen and oxygen atoms in total. The van der Waals surface area contributed by atoms with Crippen molar-refractivity contribution in [1.29, 1.82) is 0 Å². The number of urea groups is 1. The molecule has 0 spiro atoms. The van der Waals surface area contributed by atoms with Gasteiger partial charge in [-0.25, -0.2) is 4.79 Å². The second-order valence-electron chi connectivity index (χ2n) is 7.07. The molecular weight excluding hydrogens is 340 g/mol. The van der Waals surface area contributed by atoms with Crippen LogP contribution in [0.5, 0.6) is 0 Å². The van der Waals surface area contributed by atoms with Crippen LogP contribution in [0.1, 0.15) is 36.9 Å². The lowest BCUT2D eigenvalue weighted by Crippen LogP contribution is -2.58. The zero-order chi connectivity index (χ0) is 19.0. The molecule has 0 aliphatic carbocycles. The van der Waals surface area contributed by atoms with Crippen molar-refractivity contribution in [2.24, 2.45) is 0 Å². The van der Waals surface area contributed by atoms with E-state index in [4.69, 9.17) is 4.74 Å². The fourth-order valence-electron chi connectivity index (χ4n) is 3.42. The standard InChI is InChI=1S/C21H28N4O2/c1-17(19-7-3-2-4-8-19)25-21(9-12-27-13-10-21)16-24-20(26)23-15-18-6-5-11-22-14-18/h2-8,11,14,17,25H,9-10,12-13,15-16H2,1H3,(H2,23,24,26). The normalized spacial score (nSPS) is 17.1. The third-order valence-corrected chi connectivity index (χ3v) is 5.04. The smallest absolute Gasteiger partial charge is 0.315 e. The summed E-state index contributed by atoms with van der Waals surface area (Å²) in [5.74, 6) is 0. The van der Waals surface area contributed by atoms with Crippen molar-refractivity contribution < 1.29 is 9.53 Å². The molecule has 1 aromatic heterocycles. The Labute approximate surface area is 160 Å². The van der Waals surface area contributed by atoms with Gasteiger partial charge < -0.3 is 20.7 Å². The second-order valence-corrected chi connectivity index (χ2v) is 7.07. The van der Waals surface area contributed by atoms with Gasteiger partial charge in [-0.1, -0.05) is 36.4 Å². The van der Waals surface area contributed by atoms with E-state index in [1.54, 1.807) is 12.4 Å². The third-order valence-electron chi connectivity index (χ3n) is 5.04. The third kappa shape index (κ3) is 5.77. The minimum atomic E-state index is -0.168. The van der Waals surface area contributed by atoms with Gasteiger partial charge in [-0.15, -0.1) is 0 Å². The molecule has 2 aromatic rings. The van der Waals surface area contributed by atoms with Crippen LogP contribution in [-0.4, -0.2) is 36.3 Å². The first-order chi connectivity index (χ1) is 13.2. The van der Waals surface area contributed by atoms with E-state index < -0.39 is 0 Å². The maximum atomic E-state index is 12.3. The Hall–Kier alpha value is -2.44. The Morgan fingerprint density at radius 1 is 1.15 bits per heavy atom. The Morgan fingerprint density at radius 2 is 1.93 bits per heavy atom. The fourth-order valence-corrected chi connectivity index (χ4v) is 3.42. The van der Waals surface area contributed by atoms with E-state index >= 15 is 0 Å². The number of amides is 2. The summed E-state index contributed by atoms with van der Waals surface area (Å²) in [6.45, 7) is 4.59.